The van der Waals surface area contributed by atoms with Crippen molar-refractivity contribution in [2.24, 2.45) is 0 Å². The average Bonchev–Trinajstić information content (AvgIpc) is 3.09. The zero-order valence-corrected chi connectivity index (χ0v) is 11.3. The maximum atomic E-state index is 12.3. The molecule has 1 aliphatic heterocycles. The van der Waals surface area contributed by atoms with Gasteiger partial charge in [0.1, 0.15) is 4.90 Å². The Morgan fingerprint density at radius 3 is 2.74 bits per heavy atom. The molecule has 1 aromatic rings. The Hall–Kier alpha value is -1.57. The lowest BCUT2D eigenvalue weighted by atomic mass is 10.2. The minimum absolute atomic E-state index is 0.0811. The van der Waals surface area contributed by atoms with Crippen LogP contribution in [0.5, 0.6) is 0 Å². The summed E-state index contributed by atoms with van der Waals surface area (Å²) in [6, 6.07) is -0.207. The van der Waals surface area contributed by atoms with Gasteiger partial charge >= 0.3 is 6.09 Å². The van der Waals surface area contributed by atoms with Crippen LogP contribution in [0.25, 0.3) is 0 Å². The van der Waals surface area contributed by atoms with Gasteiger partial charge in [0.2, 0.25) is 0 Å². The van der Waals surface area contributed by atoms with Crippen molar-refractivity contribution in [2.45, 2.75) is 49.0 Å². The van der Waals surface area contributed by atoms with Gasteiger partial charge in [-0.3, -0.25) is 9.58 Å². The predicted octanol–water partition coefficient (Wildman–Crippen LogP) is 0.701. The van der Waals surface area contributed by atoms with Gasteiger partial charge in [0.05, 0.1) is 36.3 Å². The molecule has 2 aliphatic rings. The van der Waals surface area contributed by atoms with Crippen LogP contribution in [-0.4, -0.2) is 45.6 Å². The van der Waals surface area contributed by atoms with Gasteiger partial charge in [-0.2, -0.15) is 5.10 Å². The van der Waals surface area contributed by atoms with Crippen molar-refractivity contribution in [1.82, 2.24) is 14.7 Å². The maximum Gasteiger partial charge on any atom is 0.407 e. The molecule has 1 aromatic heterocycles. The van der Waals surface area contributed by atoms with E-state index in [0.717, 1.165) is 0 Å². The number of nitrogens with zero attached hydrogens (tertiary/aromatic N) is 3. The molecule has 1 atom stereocenters. The van der Waals surface area contributed by atoms with E-state index in [1.807, 2.05) is 0 Å². The molecule has 0 bridgehead atoms. The molecule has 104 valence electrons. The lowest BCUT2D eigenvalue weighted by Gasteiger charge is -2.32. The summed E-state index contributed by atoms with van der Waals surface area (Å²) in [7, 11) is -3.33. The monoisotopic (exact) mass is 285 g/mol. The molecule has 0 spiro atoms. The Bertz CT molecular complexity index is 632. The van der Waals surface area contributed by atoms with E-state index >= 15 is 0 Å². The van der Waals surface area contributed by atoms with Gasteiger partial charge in [0.25, 0.3) is 0 Å². The highest BCUT2D eigenvalue weighted by Crippen LogP contribution is 2.36. The van der Waals surface area contributed by atoms with E-state index in [2.05, 4.69) is 5.10 Å². The number of rotatable bonds is 2. The van der Waals surface area contributed by atoms with Gasteiger partial charge in [0.15, 0.2) is 9.84 Å². The molecule has 8 heteroatoms. The summed E-state index contributed by atoms with van der Waals surface area (Å²) in [4.78, 5) is 12.6. The first-order valence-electron chi connectivity index (χ1n) is 6.19. The number of aromatic nitrogens is 2. The third kappa shape index (κ3) is 1.90. The van der Waals surface area contributed by atoms with E-state index in [-0.39, 0.29) is 22.7 Å². The minimum atomic E-state index is -3.33. The van der Waals surface area contributed by atoms with E-state index in [1.165, 1.54) is 11.1 Å². The van der Waals surface area contributed by atoms with Crippen molar-refractivity contribution in [3.63, 3.8) is 0 Å². The van der Waals surface area contributed by atoms with Crippen LogP contribution in [0.4, 0.5) is 4.79 Å². The second-order valence-corrected chi connectivity index (χ2v) is 7.34. The van der Waals surface area contributed by atoms with Crippen LogP contribution < -0.4 is 0 Å². The van der Waals surface area contributed by atoms with E-state index in [9.17, 15) is 13.2 Å². The number of carboxylic acid groups (broad SMARTS) is 1. The smallest absolute Gasteiger partial charge is 0.407 e. The lowest BCUT2D eigenvalue weighted by molar-refractivity contribution is 0.104. The maximum absolute atomic E-state index is 12.3. The molecular formula is C11H15N3O4S. The summed E-state index contributed by atoms with van der Waals surface area (Å²) in [6.45, 7) is 2.26. The van der Waals surface area contributed by atoms with Gasteiger partial charge in [-0.1, -0.05) is 0 Å². The normalized spacial score (nSPS) is 23.2. The Morgan fingerprint density at radius 2 is 2.16 bits per heavy atom. The van der Waals surface area contributed by atoms with Crippen molar-refractivity contribution in [3.8, 4) is 0 Å². The van der Waals surface area contributed by atoms with Crippen LogP contribution in [0, 0.1) is 0 Å². The molecule has 1 saturated carbocycles. The summed E-state index contributed by atoms with van der Waals surface area (Å²) < 4.78 is 26.1. The molecule has 0 unspecified atom stereocenters. The van der Waals surface area contributed by atoms with Crippen molar-refractivity contribution in [1.29, 1.82) is 0 Å². The Balaban J connectivity index is 2.02. The largest absolute Gasteiger partial charge is 0.465 e. The fourth-order valence-corrected chi connectivity index (χ4v) is 4.24. The van der Waals surface area contributed by atoms with Crippen LogP contribution >= 0.6 is 0 Å². The van der Waals surface area contributed by atoms with E-state index in [0.29, 0.717) is 25.1 Å². The molecule has 3 rings (SSSR count). The number of fused-ring (bicyclic) bond motifs is 1. The molecule has 0 saturated heterocycles. The van der Waals surface area contributed by atoms with Gasteiger partial charge in [0, 0.05) is 0 Å². The quantitative estimate of drug-likeness (QED) is 0.863. The van der Waals surface area contributed by atoms with Crippen molar-refractivity contribution in [3.05, 3.63) is 11.9 Å². The summed E-state index contributed by atoms with van der Waals surface area (Å²) in [5.74, 6) is 0. The standard InChI is InChI=1S/C11H15N3O4S/c1-7-5-14-9(6-13(7)11(15)16)10(4-12-14)19(17,18)8-2-3-8/h4,7-8H,2-3,5-6H2,1H3,(H,15,16)/t7-/m0/s1. The van der Waals surface area contributed by atoms with Crippen molar-refractivity contribution >= 4 is 15.9 Å². The van der Waals surface area contributed by atoms with Crippen LogP contribution in [0.15, 0.2) is 11.1 Å². The second-order valence-electron chi connectivity index (χ2n) is 5.14. The molecular weight excluding hydrogens is 270 g/mol. The Labute approximate surface area is 110 Å². The zero-order chi connectivity index (χ0) is 13.8. The Morgan fingerprint density at radius 1 is 1.47 bits per heavy atom. The minimum Gasteiger partial charge on any atom is -0.465 e. The molecule has 1 fully saturated rings. The first kappa shape index (κ1) is 12.5. The van der Waals surface area contributed by atoms with Crippen molar-refractivity contribution in [2.75, 3.05) is 0 Å². The zero-order valence-electron chi connectivity index (χ0n) is 10.5. The van der Waals surface area contributed by atoms with E-state index in [4.69, 9.17) is 5.11 Å². The summed E-state index contributed by atoms with van der Waals surface area (Å²) >= 11 is 0. The van der Waals surface area contributed by atoms with E-state index < -0.39 is 15.9 Å². The number of sulfone groups is 1. The first-order valence-corrected chi connectivity index (χ1v) is 7.74. The van der Waals surface area contributed by atoms with E-state index in [1.54, 1.807) is 11.6 Å². The summed E-state index contributed by atoms with van der Waals surface area (Å²) in [6.07, 6.45) is 1.70. The first-order chi connectivity index (χ1) is 8.91. The molecule has 7 nitrogen and oxygen atoms in total. The second kappa shape index (κ2) is 3.96. The number of carbonyl (C=O) groups is 1. The van der Waals surface area contributed by atoms with Crippen LogP contribution in [0.3, 0.4) is 0 Å². The lowest BCUT2D eigenvalue weighted by Crippen LogP contribution is -2.44. The third-order valence-corrected chi connectivity index (χ3v) is 6.02. The summed E-state index contributed by atoms with van der Waals surface area (Å²) in [5.41, 5.74) is 0.493. The molecule has 1 aliphatic carbocycles. The van der Waals surface area contributed by atoms with Gasteiger partial charge in [-0.05, 0) is 19.8 Å². The fraction of sp³-hybridized carbons (Fsp3) is 0.636. The SMILES string of the molecule is C[C@H]1Cn2ncc(S(=O)(=O)C3CC3)c2CN1C(=O)O. The van der Waals surface area contributed by atoms with Crippen LogP contribution in [-0.2, 0) is 22.9 Å². The molecule has 0 radical (unpaired) electrons. The van der Waals surface area contributed by atoms with Gasteiger partial charge in [-0.25, -0.2) is 13.2 Å². The molecule has 0 aromatic carbocycles. The number of amides is 1. The highest BCUT2D eigenvalue weighted by Gasteiger charge is 2.41. The van der Waals surface area contributed by atoms with Crippen LogP contribution in [0.1, 0.15) is 25.5 Å². The topological polar surface area (TPSA) is 92.5 Å². The number of hydrogen-bond donors (Lipinski definition) is 1. The molecule has 1 N–H and O–H groups in total. The molecule has 1 amide bonds. The fourth-order valence-electron chi connectivity index (χ4n) is 2.43. The third-order valence-electron chi connectivity index (χ3n) is 3.72. The van der Waals surface area contributed by atoms with Gasteiger partial charge < -0.3 is 5.11 Å². The molecule has 2 heterocycles. The van der Waals surface area contributed by atoms with Crippen molar-refractivity contribution < 1.29 is 18.3 Å². The Kier molecular flexibility index (Phi) is 2.60. The summed E-state index contributed by atoms with van der Waals surface area (Å²) in [5, 5.41) is 12.9. The molecule has 19 heavy (non-hydrogen) atoms. The van der Waals surface area contributed by atoms with Crippen LogP contribution in [0.2, 0.25) is 0 Å². The highest BCUT2D eigenvalue weighted by atomic mass is 32.2. The average molecular weight is 285 g/mol. The number of hydrogen-bond acceptors (Lipinski definition) is 4. The predicted molar refractivity (Wildman–Crippen MR) is 65.5 cm³/mol. The highest BCUT2D eigenvalue weighted by molar-refractivity contribution is 7.92. The van der Waals surface area contributed by atoms with Gasteiger partial charge in [-0.15, -0.1) is 0 Å².